The number of hydrogen-bond donors (Lipinski definition) is 1. The van der Waals surface area contributed by atoms with Gasteiger partial charge in [0.1, 0.15) is 18.1 Å². The summed E-state index contributed by atoms with van der Waals surface area (Å²) >= 11 is 0. The number of fused-ring (bicyclic) bond motifs is 4. The molecule has 2 aliphatic rings. The fraction of sp³-hybridized carbons (Fsp3) is 0.355. The van der Waals surface area contributed by atoms with Crippen molar-refractivity contribution in [3.05, 3.63) is 99.6 Å². The molecule has 3 atom stereocenters. The number of carbonyl (C=O) groups is 2. The number of amides is 1. The second-order valence-corrected chi connectivity index (χ2v) is 10.7. The molecule has 40 heavy (non-hydrogen) atoms. The van der Waals surface area contributed by atoms with Crippen LogP contribution in [0.1, 0.15) is 55.7 Å². The lowest BCUT2D eigenvalue weighted by Gasteiger charge is -2.49. The topological polar surface area (TPSA) is 117 Å². The minimum Gasteiger partial charge on any atom is -0.445 e. The Morgan fingerprint density at radius 2 is 1.70 bits per heavy atom. The average Bonchev–Trinajstić information content (AvgIpc) is 2.94. The predicted molar refractivity (Wildman–Crippen MR) is 147 cm³/mol. The van der Waals surface area contributed by atoms with Crippen LogP contribution in [0.3, 0.4) is 0 Å². The Balaban J connectivity index is 1.32. The highest BCUT2D eigenvalue weighted by Crippen LogP contribution is 2.47. The number of ether oxygens (including phenoxy) is 3. The third-order valence-corrected chi connectivity index (χ3v) is 8.04. The zero-order valence-electron chi connectivity index (χ0n) is 22.3. The van der Waals surface area contributed by atoms with Gasteiger partial charge in [0.05, 0.1) is 4.92 Å². The molecule has 5 rings (SSSR count). The number of carbonyl (C=O) groups excluding carboxylic acids is 2. The molecule has 0 saturated heterocycles. The van der Waals surface area contributed by atoms with Gasteiger partial charge in [0.2, 0.25) is 0 Å². The van der Waals surface area contributed by atoms with Crippen molar-refractivity contribution in [3.8, 4) is 11.5 Å². The summed E-state index contributed by atoms with van der Waals surface area (Å²) in [6, 6.07) is 20.3. The number of nitrogens with zero attached hydrogens (tertiary/aromatic N) is 1. The van der Waals surface area contributed by atoms with E-state index >= 15 is 0 Å². The number of non-ortho nitro benzene ring substituents is 1. The molecule has 3 aromatic rings. The van der Waals surface area contributed by atoms with Gasteiger partial charge in [-0.25, -0.2) is 9.59 Å². The zero-order chi connectivity index (χ0) is 28.1. The summed E-state index contributed by atoms with van der Waals surface area (Å²) in [6.07, 6.45) is 4.58. The lowest BCUT2D eigenvalue weighted by Crippen LogP contribution is -2.57. The van der Waals surface area contributed by atoms with Gasteiger partial charge in [-0.2, -0.15) is 0 Å². The van der Waals surface area contributed by atoms with E-state index in [0.29, 0.717) is 5.75 Å². The largest absolute Gasteiger partial charge is 0.519 e. The average molecular weight is 545 g/mol. The van der Waals surface area contributed by atoms with Crippen molar-refractivity contribution in [1.29, 1.82) is 0 Å². The van der Waals surface area contributed by atoms with E-state index in [2.05, 4.69) is 12.2 Å². The summed E-state index contributed by atoms with van der Waals surface area (Å²) in [5, 5.41) is 14.1. The van der Waals surface area contributed by atoms with E-state index in [-0.39, 0.29) is 35.4 Å². The molecule has 9 heteroatoms. The molecule has 2 aliphatic carbocycles. The molecular formula is C31H32N2O7. The van der Waals surface area contributed by atoms with Gasteiger partial charge in [-0.1, -0.05) is 62.6 Å². The summed E-state index contributed by atoms with van der Waals surface area (Å²) in [4.78, 5) is 35.8. The minimum absolute atomic E-state index is 0.103. The number of rotatable bonds is 6. The van der Waals surface area contributed by atoms with E-state index in [1.54, 1.807) is 6.07 Å². The molecular weight excluding hydrogens is 512 g/mol. The Bertz CT molecular complexity index is 1380. The number of alkyl carbamates (subject to hydrolysis) is 1. The SMILES string of the molecule is C[C@@]12CCCCC[C@@H](Cc3ccc(OC(=O)Oc4ccc([N+](=O)[O-])cc4)cc31)[C@@H]2NC(=O)OCc1ccccc1. The van der Waals surface area contributed by atoms with Crippen molar-refractivity contribution in [2.24, 2.45) is 5.92 Å². The maximum absolute atomic E-state index is 13.0. The van der Waals surface area contributed by atoms with E-state index in [9.17, 15) is 19.7 Å². The van der Waals surface area contributed by atoms with E-state index < -0.39 is 17.2 Å². The van der Waals surface area contributed by atoms with Crippen molar-refractivity contribution >= 4 is 17.9 Å². The van der Waals surface area contributed by atoms with Crippen molar-refractivity contribution in [1.82, 2.24) is 5.32 Å². The second kappa shape index (κ2) is 11.8. The van der Waals surface area contributed by atoms with E-state index in [1.807, 2.05) is 42.5 Å². The Hall–Kier alpha value is -4.40. The Morgan fingerprint density at radius 1 is 0.975 bits per heavy atom. The highest BCUT2D eigenvalue weighted by Gasteiger charge is 2.47. The summed E-state index contributed by atoms with van der Waals surface area (Å²) in [5.74, 6) is 0.736. The first-order chi connectivity index (χ1) is 19.3. The fourth-order valence-electron chi connectivity index (χ4n) is 6.07. The molecule has 1 saturated carbocycles. The standard InChI is InChI=1S/C31H32N2O7/c1-31-17-7-3-6-10-23(28(31)32-29(34)38-20-21-8-4-2-5-9-21)18-22-11-14-26(19-27(22)31)40-30(35)39-25-15-12-24(13-16-25)33(36)37/h2,4-5,8-9,11-16,19,23,28H,3,6-7,10,17-18,20H2,1H3,(H,32,34)/t23-,28-,31+/m0/s1. The molecule has 1 N–H and O–H groups in total. The third-order valence-electron chi connectivity index (χ3n) is 8.04. The summed E-state index contributed by atoms with van der Waals surface area (Å²) in [5.41, 5.74) is 2.66. The maximum atomic E-state index is 13.0. The zero-order valence-corrected chi connectivity index (χ0v) is 22.3. The van der Waals surface area contributed by atoms with Crippen LogP contribution in [0.4, 0.5) is 15.3 Å². The number of nitro groups is 1. The van der Waals surface area contributed by atoms with Crippen molar-refractivity contribution in [3.63, 3.8) is 0 Å². The lowest BCUT2D eigenvalue weighted by atomic mass is 9.59. The van der Waals surface area contributed by atoms with Crippen LogP contribution in [-0.2, 0) is 23.2 Å². The molecule has 1 fully saturated rings. The first kappa shape index (κ1) is 27.2. The summed E-state index contributed by atoms with van der Waals surface area (Å²) in [6.45, 7) is 2.37. The quantitative estimate of drug-likeness (QED) is 0.156. The highest BCUT2D eigenvalue weighted by atomic mass is 16.7. The van der Waals surface area contributed by atoms with Crippen molar-refractivity contribution in [2.75, 3.05) is 0 Å². The number of benzene rings is 3. The Kier molecular flexibility index (Phi) is 8.00. The van der Waals surface area contributed by atoms with Crippen LogP contribution in [0.5, 0.6) is 11.5 Å². The second-order valence-electron chi connectivity index (χ2n) is 10.7. The van der Waals surface area contributed by atoms with Gasteiger partial charge in [0, 0.05) is 23.6 Å². The minimum atomic E-state index is -0.940. The molecule has 0 spiro atoms. The molecule has 0 heterocycles. The van der Waals surface area contributed by atoms with Gasteiger partial charge >= 0.3 is 12.2 Å². The molecule has 208 valence electrons. The molecule has 3 aromatic carbocycles. The van der Waals surface area contributed by atoms with Crippen LogP contribution in [0.2, 0.25) is 0 Å². The monoisotopic (exact) mass is 544 g/mol. The molecule has 0 aliphatic heterocycles. The van der Waals surface area contributed by atoms with Gasteiger partial charge < -0.3 is 19.5 Å². The van der Waals surface area contributed by atoms with Crippen LogP contribution >= 0.6 is 0 Å². The Morgan fingerprint density at radius 3 is 2.45 bits per heavy atom. The normalized spacial score (nSPS) is 21.6. The summed E-state index contributed by atoms with van der Waals surface area (Å²) in [7, 11) is 0. The first-order valence-corrected chi connectivity index (χ1v) is 13.6. The van der Waals surface area contributed by atoms with Gasteiger partial charge in [0.25, 0.3) is 5.69 Å². The molecule has 1 amide bonds. The van der Waals surface area contributed by atoms with Crippen LogP contribution in [0.15, 0.2) is 72.8 Å². The molecule has 2 bridgehead atoms. The van der Waals surface area contributed by atoms with E-state index in [1.165, 1.54) is 29.8 Å². The molecule has 0 unspecified atom stereocenters. The first-order valence-electron chi connectivity index (χ1n) is 13.6. The fourth-order valence-corrected chi connectivity index (χ4v) is 6.07. The Labute approximate surface area is 232 Å². The van der Waals surface area contributed by atoms with Crippen molar-refractivity contribution < 1.29 is 28.7 Å². The van der Waals surface area contributed by atoms with Crippen LogP contribution in [0, 0.1) is 16.0 Å². The van der Waals surface area contributed by atoms with Gasteiger partial charge in [-0.05, 0) is 66.1 Å². The lowest BCUT2D eigenvalue weighted by molar-refractivity contribution is -0.384. The van der Waals surface area contributed by atoms with Crippen LogP contribution in [-0.4, -0.2) is 23.2 Å². The number of hydrogen-bond acceptors (Lipinski definition) is 7. The number of nitrogens with one attached hydrogen (secondary N) is 1. The summed E-state index contributed by atoms with van der Waals surface area (Å²) < 4.78 is 16.3. The predicted octanol–water partition coefficient (Wildman–Crippen LogP) is 6.86. The smallest absolute Gasteiger partial charge is 0.445 e. The van der Waals surface area contributed by atoms with E-state index in [4.69, 9.17) is 14.2 Å². The van der Waals surface area contributed by atoms with Crippen LogP contribution in [0.25, 0.3) is 0 Å². The van der Waals surface area contributed by atoms with Gasteiger partial charge in [-0.3, -0.25) is 10.1 Å². The molecule has 9 nitrogen and oxygen atoms in total. The van der Waals surface area contributed by atoms with Gasteiger partial charge in [-0.15, -0.1) is 0 Å². The third kappa shape index (κ3) is 6.09. The van der Waals surface area contributed by atoms with Crippen LogP contribution < -0.4 is 14.8 Å². The van der Waals surface area contributed by atoms with Crippen molar-refractivity contribution in [2.45, 2.75) is 63.5 Å². The highest BCUT2D eigenvalue weighted by molar-refractivity contribution is 5.69. The maximum Gasteiger partial charge on any atom is 0.519 e. The van der Waals surface area contributed by atoms with Gasteiger partial charge in [0.15, 0.2) is 0 Å². The molecule has 0 radical (unpaired) electrons. The molecule has 0 aromatic heterocycles. The van der Waals surface area contributed by atoms with E-state index in [0.717, 1.165) is 49.7 Å². The number of nitro benzene ring substituents is 1.